The third kappa shape index (κ3) is 6.83. The van der Waals surface area contributed by atoms with Crippen LogP contribution in [0.3, 0.4) is 0 Å². The first-order valence-corrected chi connectivity index (χ1v) is 12.5. The fourth-order valence-corrected chi connectivity index (χ4v) is 5.47. The highest BCUT2D eigenvalue weighted by Crippen LogP contribution is 2.20. The second-order valence-corrected chi connectivity index (χ2v) is 10.3. The van der Waals surface area contributed by atoms with Crippen molar-refractivity contribution in [2.24, 2.45) is 5.92 Å². The van der Waals surface area contributed by atoms with Crippen LogP contribution in [0.25, 0.3) is 0 Å². The molecule has 2 aromatic carbocycles. The van der Waals surface area contributed by atoms with Crippen molar-refractivity contribution < 1.29 is 13.2 Å². The van der Waals surface area contributed by atoms with E-state index in [1.807, 2.05) is 54.6 Å². The van der Waals surface area contributed by atoms with E-state index in [1.165, 1.54) is 4.31 Å². The van der Waals surface area contributed by atoms with Crippen molar-refractivity contribution >= 4 is 27.5 Å². The van der Waals surface area contributed by atoms with Gasteiger partial charge in [0.25, 0.3) is 0 Å². The molecule has 1 N–H and O–H groups in total. The molecule has 0 radical (unpaired) electrons. The monoisotopic (exact) mass is 448 g/mol. The van der Waals surface area contributed by atoms with E-state index < -0.39 is 10.0 Å². The largest absolute Gasteiger partial charge is 0.355 e. The summed E-state index contributed by atoms with van der Waals surface area (Å²) in [5.41, 5.74) is 2.25. The minimum Gasteiger partial charge on any atom is -0.355 e. The fourth-order valence-electron chi connectivity index (χ4n) is 3.77. The number of rotatable bonds is 9. The van der Waals surface area contributed by atoms with Crippen LogP contribution in [0.15, 0.2) is 54.6 Å². The standard InChI is InChI=1S/C23H29ClN2O3S/c24-22-12-10-20(11-13-22)14-15-25-23(27)21-9-4-16-26(18-21)30(28,29)17-5-8-19-6-2-1-3-7-19/h1-3,6-7,10-13,21H,4-5,8-9,14-18H2,(H,25,27)/t21-/m0/s1. The van der Waals surface area contributed by atoms with Gasteiger partial charge >= 0.3 is 0 Å². The van der Waals surface area contributed by atoms with Gasteiger partial charge in [0.15, 0.2) is 0 Å². The first-order valence-electron chi connectivity index (χ1n) is 10.5. The van der Waals surface area contributed by atoms with Crippen molar-refractivity contribution in [2.45, 2.75) is 32.1 Å². The van der Waals surface area contributed by atoms with Crippen molar-refractivity contribution in [3.05, 3.63) is 70.7 Å². The lowest BCUT2D eigenvalue weighted by atomic mass is 9.99. The highest BCUT2D eigenvalue weighted by atomic mass is 35.5. The maximum absolute atomic E-state index is 12.8. The summed E-state index contributed by atoms with van der Waals surface area (Å²) in [4.78, 5) is 12.6. The number of aryl methyl sites for hydroxylation is 1. The van der Waals surface area contributed by atoms with E-state index in [0.717, 1.165) is 30.4 Å². The van der Waals surface area contributed by atoms with E-state index in [0.29, 0.717) is 31.0 Å². The molecular weight excluding hydrogens is 420 g/mol. The maximum atomic E-state index is 12.8. The molecule has 162 valence electrons. The number of hydrogen-bond donors (Lipinski definition) is 1. The van der Waals surface area contributed by atoms with Gasteiger partial charge in [0.2, 0.25) is 15.9 Å². The average molecular weight is 449 g/mol. The lowest BCUT2D eigenvalue weighted by molar-refractivity contribution is -0.126. The number of halogens is 1. The smallest absolute Gasteiger partial charge is 0.224 e. The van der Waals surface area contributed by atoms with Gasteiger partial charge in [-0.15, -0.1) is 0 Å². The lowest BCUT2D eigenvalue weighted by Gasteiger charge is -2.31. The molecule has 1 heterocycles. The van der Waals surface area contributed by atoms with Crippen molar-refractivity contribution in [3.8, 4) is 0 Å². The van der Waals surface area contributed by atoms with Gasteiger partial charge in [-0.1, -0.05) is 54.1 Å². The van der Waals surface area contributed by atoms with E-state index in [2.05, 4.69) is 5.32 Å². The van der Waals surface area contributed by atoms with Crippen LogP contribution < -0.4 is 5.32 Å². The highest BCUT2D eigenvalue weighted by molar-refractivity contribution is 7.89. The maximum Gasteiger partial charge on any atom is 0.224 e. The number of piperidine rings is 1. The van der Waals surface area contributed by atoms with Crippen LogP contribution in [0.2, 0.25) is 5.02 Å². The summed E-state index contributed by atoms with van der Waals surface area (Å²) in [6.07, 6.45) is 3.48. The number of benzene rings is 2. The number of hydrogen-bond acceptors (Lipinski definition) is 3. The Morgan fingerprint density at radius 1 is 1.03 bits per heavy atom. The summed E-state index contributed by atoms with van der Waals surface area (Å²) in [5, 5.41) is 3.65. The molecule has 5 nitrogen and oxygen atoms in total. The third-order valence-corrected chi connectivity index (χ3v) is 7.66. The molecule has 1 atom stereocenters. The molecule has 0 aromatic heterocycles. The minimum absolute atomic E-state index is 0.0619. The van der Waals surface area contributed by atoms with E-state index >= 15 is 0 Å². The Balaban J connectivity index is 1.44. The lowest BCUT2D eigenvalue weighted by Crippen LogP contribution is -2.46. The molecule has 0 aliphatic carbocycles. The van der Waals surface area contributed by atoms with Crippen LogP contribution in [-0.2, 0) is 27.7 Å². The number of carbonyl (C=O) groups is 1. The Bertz CT molecular complexity index is 917. The van der Waals surface area contributed by atoms with Crippen molar-refractivity contribution in [3.63, 3.8) is 0 Å². The number of carbonyl (C=O) groups excluding carboxylic acids is 1. The molecule has 0 spiro atoms. The molecule has 1 aliphatic heterocycles. The summed E-state index contributed by atoms with van der Waals surface area (Å²) in [6.45, 7) is 1.31. The average Bonchev–Trinajstić information content (AvgIpc) is 2.76. The first-order chi connectivity index (χ1) is 14.4. The van der Waals surface area contributed by atoms with Gasteiger partial charge in [0, 0.05) is 24.7 Å². The summed E-state index contributed by atoms with van der Waals surface area (Å²) in [5.74, 6) is -0.228. The molecule has 0 saturated carbocycles. The second kappa shape index (κ2) is 10.9. The Morgan fingerprint density at radius 2 is 1.73 bits per heavy atom. The van der Waals surface area contributed by atoms with E-state index in [4.69, 9.17) is 11.6 Å². The van der Waals surface area contributed by atoms with Crippen LogP contribution in [0, 0.1) is 5.92 Å². The van der Waals surface area contributed by atoms with Crippen LogP contribution >= 0.6 is 11.6 Å². The zero-order valence-corrected chi connectivity index (χ0v) is 18.7. The molecule has 3 rings (SSSR count). The molecule has 1 fully saturated rings. The van der Waals surface area contributed by atoms with Crippen molar-refractivity contribution in [1.29, 1.82) is 0 Å². The number of nitrogens with one attached hydrogen (secondary N) is 1. The van der Waals surface area contributed by atoms with Crippen LogP contribution in [0.1, 0.15) is 30.4 Å². The molecular formula is C23H29ClN2O3S. The highest BCUT2D eigenvalue weighted by Gasteiger charge is 2.31. The Kier molecular flexibility index (Phi) is 8.31. The SMILES string of the molecule is O=C(NCCc1ccc(Cl)cc1)[C@H]1CCCN(S(=O)(=O)CCCc2ccccc2)C1. The normalized spacial score (nSPS) is 17.6. The Labute approximate surface area is 184 Å². The predicted octanol–water partition coefficient (Wildman–Crippen LogP) is 3.67. The topological polar surface area (TPSA) is 66.5 Å². The minimum atomic E-state index is -3.35. The third-order valence-electron chi connectivity index (χ3n) is 5.49. The van der Waals surface area contributed by atoms with E-state index in [-0.39, 0.29) is 24.1 Å². The van der Waals surface area contributed by atoms with Gasteiger partial charge in [0.1, 0.15) is 0 Å². The van der Waals surface area contributed by atoms with E-state index in [1.54, 1.807) is 0 Å². The first kappa shape index (κ1) is 22.8. The molecule has 0 unspecified atom stereocenters. The molecule has 2 aromatic rings. The number of sulfonamides is 1. The van der Waals surface area contributed by atoms with Crippen LogP contribution in [0.4, 0.5) is 0 Å². The zero-order chi connectivity index (χ0) is 21.4. The van der Waals surface area contributed by atoms with Gasteiger partial charge in [-0.25, -0.2) is 12.7 Å². The van der Waals surface area contributed by atoms with Crippen LogP contribution in [-0.4, -0.2) is 44.0 Å². The molecule has 30 heavy (non-hydrogen) atoms. The van der Waals surface area contributed by atoms with Crippen molar-refractivity contribution in [2.75, 3.05) is 25.4 Å². The van der Waals surface area contributed by atoms with Gasteiger partial charge in [-0.2, -0.15) is 0 Å². The quantitative estimate of drug-likeness (QED) is 0.636. The molecule has 7 heteroatoms. The molecule has 0 bridgehead atoms. The summed E-state index contributed by atoms with van der Waals surface area (Å²) >= 11 is 5.89. The predicted molar refractivity (Wildman–Crippen MR) is 121 cm³/mol. The number of amides is 1. The van der Waals surface area contributed by atoms with Crippen molar-refractivity contribution in [1.82, 2.24) is 9.62 Å². The Morgan fingerprint density at radius 3 is 2.47 bits per heavy atom. The van der Waals surface area contributed by atoms with E-state index in [9.17, 15) is 13.2 Å². The Hall–Kier alpha value is -1.89. The van der Waals surface area contributed by atoms with Gasteiger partial charge in [-0.3, -0.25) is 4.79 Å². The molecule has 1 aliphatic rings. The zero-order valence-electron chi connectivity index (χ0n) is 17.1. The van der Waals surface area contributed by atoms with Gasteiger partial charge in [0.05, 0.1) is 11.7 Å². The second-order valence-electron chi connectivity index (χ2n) is 7.77. The summed E-state index contributed by atoms with van der Waals surface area (Å²) in [7, 11) is -3.35. The van der Waals surface area contributed by atoms with Crippen LogP contribution in [0.5, 0.6) is 0 Å². The molecule has 1 amide bonds. The van der Waals surface area contributed by atoms with Gasteiger partial charge in [-0.05, 0) is 55.4 Å². The number of nitrogens with zero attached hydrogens (tertiary/aromatic N) is 1. The van der Waals surface area contributed by atoms with Gasteiger partial charge < -0.3 is 5.32 Å². The fraction of sp³-hybridized carbons (Fsp3) is 0.435. The molecule has 1 saturated heterocycles. The summed E-state index contributed by atoms with van der Waals surface area (Å²) < 4.78 is 27.0. The summed E-state index contributed by atoms with van der Waals surface area (Å²) in [6, 6.07) is 17.5.